The summed E-state index contributed by atoms with van der Waals surface area (Å²) >= 11 is 0. The molecule has 4 nitrogen and oxygen atoms in total. The fourth-order valence-corrected chi connectivity index (χ4v) is 1.77. The first-order valence-corrected chi connectivity index (χ1v) is 4.64. The summed E-state index contributed by atoms with van der Waals surface area (Å²) in [6, 6.07) is -0.255. The van der Waals surface area contributed by atoms with Crippen LogP contribution in [0.5, 0.6) is 0 Å². The molecule has 1 heterocycles. The molecule has 1 saturated heterocycles. The maximum absolute atomic E-state index is 11.4. The van der Waals surface area contributed by atoms with Crippen LogP contribution in [0.3, 0.4) is 0 Å². The van der Waals surface area contributed by atoms with Crippen LogP contribution in [0, 0.1) is 5.41 Å². The quantitative estimate of drug-likeness (QED) is 0.504. The average molecular weight is 186 g/mol. The SMILES string of the molecule is CCOC(=O)C1CC(C)(C)CN1N. The van der Waals surface area contributed by atoms with E-state index in [0.717, 1.165) is 13.0 Å². The Labute approximate surface area is 79.0 Å². The number of hydrazine groups is 1. The van der Waals surface area contributed by atoms with Crippen molar-refractivity contribution >= 4 is 5.97 Å². The zero-order valence-electron chi connectivity index (χ0n) is 8.54. The van der Waals surface area contributed by atoms with E-state index >= 15 is 0 Å². The Hall–Kier alpha value is -0.610. The normalized spacial score (nSPS) is 27.5. The van der Waals surface area contributed by atoms with Crippen molar-refractivity contribution in [1.82, 2.24) is 5.01 Å². The maximum Gasteiger partial charge on any atom is 0.324 e. The monoisotopic (exact) mass is 186 g/mol. The number of hydrogen-bond acceptors (Lipinski definition) is 4. The van der Waals surface area contributed by atoms with Gasteiger partial charge in [0.1, 0.15) is 6.04 Å². The lowest BCUT2D eigenvalue weighted by molar-refractivity contribution is -0.148. The molecule has 4 heteroatoms. The molecular weight excluding hydrogens is 168 g/mol. The highest BCUT2D eigenvalue weighted by molar-refractivity contribution is 5.76. The van der Waals surface area contributed by atoms with Crippen molar-refractivity contribution in [2.24, 2.45) is 11.3 Å². The van der Waals surface area contributed by atoms with Crippen LogP contribution in [-0.2, 0) is 9.53 Å². The highest BCUT2D eigenvalue weighted by Crippen LogP contribution is 2.32. The van der Waals surface area contributed by atoms with Crippen LogP contribution >= 0.6 is 0 Å². The van der Waals surface area contributed by atoms with Gasteiger partial charge in [0.2, 0.25) is 0 Å². The van der Waals surface area contributed by atoms with Gasteiger partial charge in [0, 0.05) is 6.54 Å². The number of nitrogens with two attached hydrogens (primary N) is 1. The standard InChI is InChI=1S/C9H18N2O2/c1-4-13-8(12)7-5-9(2,3)6-11(7)10/h7H,4-6,10H2,1-3H3. The van der Waals surface area contributed by atoms with Crippen LogP contribution in [-0.4, -0.2) is 30.2 Å². The van der Waals surface area contributed by atoms with Crippen molar-refractivity contribution < 1.29 is 9.53 Å². The van der Waals surface area contributed by atoms with Crippen molar-refractivity contribution in [3.8, 4) is 0 Å². The van der Waals surface area contributed by atoms with Gasteiger partial charge in [-0.15, -0.1) is 0 Å². The summed E-state index contributed by atoms with van der Waals surface area (Å²) in [4.78, 5) is 11.4. The third kappa shape index (κ3) is 2.42. The smallest absolute Gasteiger partial charge is 0.324 e. The molecule has 0 spiro atoms. The second-order valence-electron chi connectivity index (χ2n) is 4.31. The second kappa shape index (κ2) is 3.64. The lowest BCUT2D eigenvalue weighted by atomic mass is 9.91. The Bertz CT molecular complexity index is 204. The van der Waals surface area contributed by atoms with Crippen LogP contribution in [0.1, 0.15) is 27.2 Å². The number of rotatable bonds is 2. The van der Waals surface area contributed by atoms with Gasteiger partial charge in [0.25, 0.3) is 0 Å². The highest BCUT2D eigenvalue weighted by atomic mass is 16.5. The topological polar surface area (TPSA) is 55.6 Å². The molecule has 1 unspecified atom stereocenters. The van der Waals surface area contributed by atoms with Gasteiger partial charge in [-0.3, -0.25) is 10.6 Å². The Morgan fingerprint density at radius 3 is 2.69 bits per heavy atom. The van der Waals surface area contributed by atoms with Crippen molar-refractivity contribution in [3.05, 3.63) is 0 Å². The van der Waals surface area contributed by atoms with Crippen LogP contribution in [0.15, 0.2) is 0 Å². The van der Waals surface area contributed by atoms with E-state index in [9.17, 15) is 4.79 Å². The number of ether oxygens (including phenoxy) is 1. The molecule has 0 amide bonds. The summed E-state index contributed by atoms with van der Waals surface area (Å²) in [5.41, 5.74) is 0.117. The van der Waals surface area contributed by atoms with E-state index in [-0.39, 0.29) is 17.4 Å². The average Bonchev–Trinajstić information content (AvgIpc) is 2.25. The molecule has 1 rings (SSSR count). The fourth-order valence-electron chi connectivity index (χ4n) is 1.77. The van der Waals surface area contributed by atoms with Gasteiger partial charge < -0.3 is 4.74 Å². The van der Waals surface area contributed by atoms with Gasteiger partial charge in [-0.25, -0.2) is 5.01 Å². The van der Waals surface area contributed by atoms with Crippen molar-refractivity contribution in [2.75, 3.05) is 13.2 Å². The van der Waals surface area contributed by atoms with Gasteiger partial charge in [-0.1, -0.05) is 13.8 Å². The summed E-state index contributed by atoms with van der Waals surface area (Å²) in [6.07, 6.45) is 0.780. The lowest BCUT2D eigenvalue weighted by Gasteiger charge is -2.16. The van der Waals surface area contributed by atoms with E-state index in [2.05, 4.69) is 13.8 Å². The van der Waals surface area contributed by atoms with E-state index in [1.165, 1.54) is 0 Å². The fraction of sp³-hybridized carbons (Fsp3) is 0.889. The molecule has 0 bridgehead atoms. The van der Waals surface area contributed by atoms with Crippen LogP contribution in [0.4, 0.5) is 0 Å². The van der Waals surface area contributed by atoms with Crippen LogP contribution < -0.4 is 5.84 Å². The number of carbonyl (C=O) groups excluding carboxylic acids is 1. The van der Waals surface area contributed by atoms with Crippen molar-refractivity contribution in [2.45, 2.75) is 33.2 Å². The summed E-state index contributed by atoms with van der Waals surface area (Å²) in [5.74, 6) is 5.52. The maximum atomic E-state index is 11.4. The van der Waals surface area contributed by atoms with Gasteiger partial charge >= 0.3 is 5.97 Å². The Morgan fingerprint density at radius 2 is 2.31 bits per heavy atom. The van der Waals surface area contributed by atoms with Gasteiger partial charge in [-0.2, -0.15) is 0 Å². The number of nitrogens with zero attached hydrogens (tertiary/aromatic N) is 1. The molecule has 0 aromatic carbocycles. The summed E-state index contributed by atoms with van der Waals surface area (Å²) < 4.78 is 4.93. The lowest BCUT2D eigenvalue weighted by Crippen LogP contribution is -2.42. The van der Waals surface area contributed by atoms with E-state index in [4.69, 9.17) is 10.6 Å². The molecule has 1 atom stereocenters. The molecule has 76 valence electrons. The molecule has 0 aliphatic carbocycles. The summed E-state index contributed by atoms with van der Waals surface area (Å²) in [7, 11) is 0. The van der Waals surface area contributed by atoms with Crippen molar-refractivity contribution in [3.63, 3.8) is 0 Å². The van der Waals surface area contributed by atoms with Crippen LogP contribution in [0.25, 0.3) is 0 Å². The van der Waals surface area contributed by atoms with E-state index < -0.39 is 0 Å². The zero-order valence-corrected chi connectivity index (χ0v) is 8.54. The molecule has 13 heavy (non-hydrogen) atoms. The minimum Gasteiger partial charge on any atom is -0.465 e. The molecule has 1 aliphatic rings. The third-order valence-electron chi connectivity index (χ3n) is 2.32. The van der Waals surface area contributed by atoms with Gasteiger partial charge in [0.15, 0.2) is 0 Å². The second-order valence-corrected chi connectivity index (χ2v) is 4.31. The minimum atomic E-state index is -0.255. The molecule has 0 radical (unpaired) electrons. The minimum absolute atomic E-state index is 0.117. The third-order valence-corrected chi connectivity index (χ3v) is 2.32. The first-order valence-electron chi connectivity index (χ1n) is 4.64. The molecule has 1 fully saturated rings. The summed E-state index contributed by atoms with van der Waals surface area (Å²) in [5, 5.41) is 1.58. The number of hydrogen-bond donors (Lipinski definition) is 1. The molecule has 0 aromatic heterocycles. The zero-order chi connectivity index (χ0) is 10.1. The van der Waals surface area contributed by atoms with E-state index in [0.29, 0.717) is 6.61 Å². The Balaban J connectivity index is 2.57. The highest BCUT2D eigenvalue weighted by Gasteiger charge is 2.40. The number of esters is 1. The molecule has 2 N–H and O–H groups in total. The Morgan fingerprint density at radius 1 is 1.69 bits per heavy atom. The van der Waals surface area contributed by atoms with Crippen molar-refractivity contribution in [1.29, 1.82) is 0 Å². The summed E-state index contributed by atoms with van der Waals surface area (Å²) in [6.45, 7) is 7.18. The molecule has 0 aromatic rings. The molecule has 0 saturated carbocycles. The van der Waals surface area contributed by atoms with E-state index in [1.807, 2.05) is 0 Å². The first kappa shape index (κ1) is 10.5. The first-order chi connectivity index (χ1) is 5.96. The predicted molar refractivity (Wildman–Crippen MR) is 49.7 cm³/mol. The van der Waals surface area contributed by atoms with Gasteiger partial charge in [-0.05, 0) is 18.8 Å². The molecular formula is C9H18N2O2. The van der Waals surface area contributed by atoms with Crippen LogP contribution in [0.2, 0.25) is 0 Å². The largest absolute Gasteiger partial charge is 0.465 e. The van der Waals surface area contributed by atoms with E-state index in [1.54, 1.807) is 11.9 Å². The number of carbonyl (C=O) groups is 1. The Kier molecular flexibility index (Phi) is 2.93. The predicted octanol–water partition coefficient (Wildman–Crippen LogP) is 0.524. The molecule has 1 aliphatic heterocycles. The van der Waals surface area contributed by atoms with Gasteiger partial charge in [0.05, 0.1) is 6.61 Å².